The van der Waals surface area contributed by atoms with Crippen LogP contribution in [0.3, 0.4) is 0 Å². The molecule has 76 valence electrons. The van der Waals surface area contributed by atoms with Gasteiger partial charge in [-0.1, -0.05) is 18.2 Å². The van der Waals surface area contributed by atoms with Crippen LogP contribution in [0.15, 0.2) is 30.6 Å². The molecule has 5 heteroatoms. The first-order valence-corrected chi connectivity index (χ1v) is 4.43. The van der Waals surface area contributed by atoms with Gasteiger partial charge in [0.25, 0.3) is 0 Å². The molecule has 0 spiro atoms. The number of primary amides is 1. The first-order valence-electron chi connectivity index (χ1n) is 4.43. The van der Waals surface area contributed by atoms with Crippen LogP contribution in [0.25, 0.3) is 11.4 Å². The van der Waals surface area contributed by atoms with Gasteiger partial charge in [0.1, 0.15) is 6.33 Å². The van der Waals surface area contributed by atoms with E-state index in [1.54, 1.807) is 29.1 Å². The minimum Gasteiger partial charge on any atom is -0.366 e. The third-order valence-electron chi connectivity index (χ3n) is 2.14. The lowest BCUT2D eigenvalue weighted by Gasteiger charge is -2.04. The van der Waals surface area contributed by atoms with Crippen LogP contribution in [0.5, 0.6) is 0 Å². The predicted molar refractivity (Wildman–Crippen MR) is 55.0 cm³/mol. The van der Waals surface area contributed by atoms with E-state index in [2.05, 4.69) is 10.2 Å². The molecule has 0 unspecified atom stereocenters. The summed E-state index contributed by atoms with van der Waals surface area (Å²) in [6, 6.07) is 7.06. The molecule has 0 saturated carbocycles. The maximum atomic E-state index is 11.2. The van der Waals surface area contributed by atoms with E-state index in [9.17, 15) is 4.79 Å². The van der Waals surface area contributed by atoms with Gasteiger partial charge in [-0.05, 0) is 6.07 Å². The largest absolute Gasteiger partial charge is 0.366 e. The van der Waals surface area contributed by atoms with Crippen molar-refractivity contribution in [1.29, 1.82) is 0 Å². The Bertz CT molecular complexity index is 504. The van der Waals surface area contributed by atoms with Gasteiger partial charge >= 0.3 is 0 Å². The van der Waals surface area contributed by atoms with Crippen LogP contribution in [0.2, 0.25) is 0 Å². The van der Waals surface area contributed by atoms with E-state index in [1.165, 1.54) is 0 Å². The number of nitrogens with two attached hydrogens (primary N) is 1. The summed E-state index contributed by atoms with van der Waals surface area (Å²) in [6.45, 7) is 0. The highest BCUT2D eigenvalue weighted by atomic mass is 16.1. The van der Waals surface area contributed by atoms with Crippen LogP contribution < -0.4 is 5.73 Å². The quantitative estimate of drug-likeness (QED) is 0.774. The third-order valence-corrected chi connectivity index (χ3v) is 2.14. The smallest absolute Gasteiger partial charge is 0.249 e. The lowest BCUT2D eigenvalue weighted by atomic mass is 10.1. The summed E-state index contributed by atoms with van der Waals surface area (Å²) in [5.74, 6) is 0.165. The lowest BCUT2D eigenvalue weighted by Crippen LogP contribution is -2.13. The zero-order valence-corrected chi connectivity index (χ0v) is 8.21. The van der Waals surface area contributed by atoms with Gasteiger partial charge in [-0.15, -0.1) is 10.2 Å². The Morgan fingerprint density at radius 1 is 1.40 bits per heavy atom. The summed E-state index contributed by atoms with van der Waals surface area (Å²) in [7, 11) is 1.81. The molecule has 2 rings (SSSR count). The number of hydrogen-bond donors (Lipinski definition) is 1. The molecular weight excluding hydrogens is 192 g/mol. The second-order valence-corrected chi connectivity index (χ2v) is 3.18. The molecular formula is C10H10N4O. The molecule has 1 heterocycles. The number of rotatable bonds is 2. The van der Waals surface area contributed by atoms with Crippen molar-refractivity contribution in [2.45, 2.75) is 0 Å². The summed E-state index contributed by atoms with van der Waals surface area (Å²) in [5.41, 5.74) is 6.43. The van der Waals surface area contributed by atoms with Gasteiger partial charge in [-0.25, -0.2) is 0 Å². The summed E-state index contributed by atoms with van der Waals surface area (Å²) >= 11 is 0. The number of benzene rings is 1. The number of hydrogen-bond acceptors (Lipinski definition) is 3. The Hall–Kier alpha value is -2.17. The predicted octanol–water partition coefficient (Wildman–Crippen LogP) is 0.581. The molecule has 0 radical (unpaired) electrons. The zero-order valence-electron chi connectivity index (χ0n) is 8.21. The number of carbonyl (C=O) groups excluding carboxylic acids is 1. The van der Waals surface area contributed by atoms with Crippen LogP contribution >= 0.6 is 0 Å². The van der Waals surface area contributed by atoms with E-state index in [0.717, 1.165) is 0 Å². The van der Waals surface area contributed by atoms with Gasteiger partial charge < -0.3 is 10.3 Å². The third kappa shape index (κ3) is 1.59. The van der Waals surface area contributed by atoms with Crippen LogP contribution in [0.4, 0.5) is 0 Å². The van der Waals surface area contributed by atoms with Crippen molar-refractivity contribution >= 4 is 5.91 Å². The van der Waals surface area contributed by atoms with Crippen molar-refractivity contribution in [2.75, 3.05) is 0 Å². The maximum Gasteiger partial charge on any atom is 0.249 e. The molecule has 0 saturated heterocycles. The van der Waals surface area contributed by atoms with Crippen molar-refractivity contribution < 1.29 is 4.79 Å². The topological polar surface area (TPSA) is 73.8 Å². The average molecular weight is 202 g/mol. The fourth-order valence-electron chi connectivity index (χ4n) is 1.42. The zero-order chi connectivity index (χ0) is 10.8. The second-order valence-electron chi connectivity index (χ2n) is 3.18. The van der Waals surface area contributed by atoms with Crippen LogP contribution in [-0.4, -0.2) is 20.7 Å². The number of carbonyl (C=O) groups is 1. The number of aryl methyl sites for hydroxylation is 1. The SMILES string of the molecule is Cn1cnnc1-c1ccccc1C(N)=O. The van der Waals surface area contributed by atoms with E-state index in [1.807, 2.05) is 13.1 Å². The second kappa shape index (κ2) is 3.53. The molecule has 1 amide bonds. The van der Waals surface area contributed by atoms with Gasteiger partial charge in [0, 0.05) is 12.6 Å². The minimum atomic E-state index is -0.464. The molecule has 15 heavy (non-hydrogen) atoms. The van der Waals surface area contributed by atoms with Crippen LogP contribution in [0, 0.1) is 0 Å². The van der Waals surface area contributed by atoms with Crippen molar-refractivity contribution in [1.82, 2.24) is 14.8 Å². The summed E-state index contributed by atoms with van der Waals surface area (Å²) in [5, 5.41) is 7.69. The van der Waals surface area contributed by atoms with Gasteiger partial charge in [-0.3, -0.25) is 4.79 Å². The Morgan fingerprint density at radius 3 is 2.73 bits per heavy atom. The molecule has 0 bridgehead atoms. The fraction of sp³-hybridized carbons (Fsp3) is 0.100. The average Bonchev–Trinajstić information content (AvgIpc) is 2.64. The molecule has 1 aromatic carbocycles. The Kier molecular flexibility index (Phi) is 2.21. The van der Waals surface area contributed by atoms with Crippen molar-refractivity contribution in [3.8, 4) is 11.4 Å². The Balaban J connectivity index is 2.63. The van der Waals surface area contributed by atoms with E-state index in [4.69, 9.17) is 5.73 Å². The highest BCUT2D eigenvalue weighted by Gasteiger charge is 2.12. The van der Waals surface area contributed by atoms with Crippen molar-refractivity contribution in [3.05, 3.63) is 36.2 Å². The van der Waals surface area contributed by atoms with Gasteiger partial charge in [-0.2, -0.15) is 0 Å². The summed E-state index contributed by atoms with van der Waals surface area (Å²) in [6.07, 6.45) is 1.58. The Morgan fingerprint density at radius 2 is 2.13 bits per heavy atom. The molecule has 0 atom stereocenters. The molecule has 2 N–H and O–H groups in total. The number of amides is 1. The molecule has 0 aliphatic carbocycles. The van der Waals surface area contributed by atoms with Crippen LogP contribution in [-0.2, 0) is 7.05 Å². The first kappa shape index (κ1) is 9.39. The van der Waals surface area contributed by atoms with Crippen LogP contribution in [0.1, 0.15) is 10.4 Å². The number of aromatic nitrogens is 3. The van der Waals surface area contributed by atoms with Crippen molar-refractivity contribution in [2.24, 2.45) is 12.8 Å². The lowest BCUT2D eigenvalue weighted by molar-refractivity contribution is 0.100. The van der Waals surface area contributed by atoms with Gasteiger partial charge in [0.2, 0.25) is 5.91 Å². The van der Waals surface area contributed by atoms with E-state index >= 15 is 0 Å². The molecule has 0 fully saturated rings. The fourth-order valence-corrected chi connectivity index (χ4v) is 1.42. The van der Waals surface area contributed by atoms with Gasteiger partial charge in [0.05, 0.1) is 5.56 Å². The molecule has 0 aliphatic rings. The molecule has 1 aromatic heterocycles. The van der Waals surface area contributed by atoms with E-state index in [0.29, 0.717) is 17.0 Å². The van der Waals surface area contributed by atoms with E-state index in [-0.39, 0.29) is 0 Å². The standard InChI is InChI=1S/C10H10N4O/c1-14-6-12-13-10(14)8-5-3-2-4-7(8)9(11)15/h2-6H,1H3,(H2,11,15). The number of nitrogens with zero attached hydrogens (tertiary/aromatic N) is 3. The highest BCUT2D eigenvalue weighted by molar-refractivity contribution is 5.98. The van der Waals surface area contributed by atoms with Crippen molar-refractivity contribution in [3.63, 3.8) is 0 Å². The monoisotopic (exact) mass is 202 g/mol. The summed E-state index contributed by atoms with van der Waals surface area (Å²) in [4.78, 5) is 11.2. The highest BCUT2D eigenvalue weighted by Crippen LogP contribution is 2.20. The van der Waals surface area contributed by atoms with Gasteiger partial charge in [0.15, 0.2) is 5.82 Å². The Labute approximate surface area is 86.5 Å². The maximum absolute atomic E-state index is 11.2. The molecule has 2 aromatic rings. The molecule has 5 nitrogen and oxygen atoms in total. The minimum absolute atomic E-state index is 0.452. The van der Waals surface area contributed by atoms with E-state index < -0.39 is 5.91 Å². The summed E-state index contributed by atoms with van der Waals surface area (Å²) < 4.78 is 1.74. The molecule has 0 aliphatic heterocycles. The normalized spacial score (nSPS) is 10.2. The first-order chi connectivity index (χ1) is 7.20.